The maximum atomic E-state index is 11.5. The molecule has 0 aromatic rings. The first-order valence-corrected chi connectivity index (χ1v) is 12.6. The van der Waals surface area contributed by atoms with Gasteiger partial charge in [0, 0.05) is 0 Å². The van der Waals surface area contributed by atoms with E-state index in [1.54, 1.807) is 0 Å². The molecule has 0 fully saturated rings. The molecule has 5 heteroatoms. The van der Waals surface area contributed by atoms with Gasteiger partial charge in [-0.2, -0.15) is 8.42 Å². The molecule has 0 saturated heterocycles. The maximum absolute atomic E-state index is 11.5. The summed E-state index contributed by atoms with van der Waals surface area (Å²) >= 11 is 0. The molecule has 0 aliphatic carbocycles. The molecule has 0 spiro atoms. The van der Waals surface area contributed by atoms with Crippen molar-refractivity contribution >= 4 is 10.1 Å². The van der Waals surface area contributed by atoms with E-state index in [0.29, 0.717) is 12.8 Å². The summed E-state index contributed by atoms with van der Waals surface area (Å²) in [5, 5.41) is 9.36. The lowest BCUT2D eigenvalue weighted by atomic mass is 10.0. The fourth-order valence-corrected chi connectivity index (χ4v) is 4.40. The Kier molecular flexibility index (Phi) is 16.9. The molecule has 0 aliphatic heterocycles. The van der Waals surface area contributed by atoms with Crippen LogP contribution in [0.25, 0.3) is 0 Å². The first kappa shape index (κ1) is 25.9. The number of aliphatic hydroxyl groups is 1. The van der Waals surface area contributed by atoms with Gasteiger partial charge in [-0.15, -0.1) is 0 Å². The van der Waals surface area contributed by atoms with Crippen molar-refractivity contribution in [2.75, 3.05) is 0 Å². The third kappa shape index (κ3) is 16.1. The summed E-state index contributed by atoms with van der Waals surface area (Å²) in [7, 11) is -3.91. The molecule has 0 amide bonds. The average Bonchev–Trinajstić information content (AvgIpc) is 2.58. The summed E-state index contributed by atoms with van der Waals surface area (Å²) in [4.78, 5) is 0. The van der Waals surface area contributed by atoms with Crippen molar-refractivity contribution in [3.05, 3.63) is 0 Å². The Labute approximate surface area is 162 Å². The van der Waals surface area contributed by atoms with Gasteiger partial charge in [-0.25, -0.2) is 0 Å². The Balaban J connectivity index is 3.68. The molecule has 0 bridgehead atoms. The Morgan fingerprint density at radius 3 is 1.35 bits per heavy atom. The number of rotatable bonds is 19. The van der Waals surface area contributed by atoms with Gasteiger partial charge in [0.15, 0.2) is 0 Å². The molecule has 2 N–H and O–H groups in total. The van der Waals surface area contributed by atoms with Crippen LogP contribution in [0.1, 0.15) is 123 Å². The van der Waals surface area contributed by atoms with Crippen LogP contribution in [0.4, 0.5) is 0 Å². The summed E-state index contributed by atoms with van der Waals surface area (Å²) in [6.07, 6.45) is 16.9. The van der Waals surface area contributed by atoms with Gasteiger partial charge in [-0.1, -0.05) is 97.3 Å². The van der Waals surface area contributed by atoms with Gasteiger partial charge in [-0.3, -0.25) is 4.55 Å². The highest BCUT2D eigenvalue weighted by molar-refractivity contribution is 7.86. The van der Waals surface area contributed by atoms with Gasteiger partial charge in [-0.05, 0) is 25.7 Å². The molecule has 0 saturated carbocycles. The Bertz CT molecular complexity index is 395. The fourth-order valence-electron chi connectivity index (χ4n) is 3.47. The molecule has 2 atom stereocenters. The standard InChI is InChI=1S/C21H44O4S/c1-3-5-7-12-16-20(22)17-13-10-9-11-15-19-21(26(23,24)25)18-14-8-6-4-2/h20-22H,3-19H2,1-2H3,(H,23,24,25). The molecule has 0 rings (SSSR count). The third-order valence-electron chi connectivity index (χ3n) is 5.26. The Morgan fingerprint density at radius 1 is 0.615 bits per heavy atom. The second-order valence-corrected chi connectivity index (χ2v) is 9.53. The first-order valence-electron chi connectivity index (χ1n) is 11.1. The summed E-state index contributed by atoms with van der Waals surface area (Å²) in [5.74, 6) is 0. The van der Waals surface area contributed by atoms with Crippen LogP contribution in [-0.4, -0.2) is 29.4 Å². The summed E-state index contributed by atoms with van der Waals surface area (Å²) in [6, 6.07) is 0. The van der Waals surface area contributed by atoms with Crippen molar-refractivity contribution in [2.24, 2.45) is 0 Å². The van der Waals surface area contributed by atoms with Gasteiger partial charge in [0.2, 0.25) is 0 Å². The molecule has 0 heterocycles. The predicted molar refractivity (Wildman–Crippen MR) is 111 cm³/mol. The molecule has 0 aromatic carbocycles. The molecule has 0 aromatic heterocycles. The van der Waals surface area contributed by atoms with Crippen molar-refractivity contribution < 1.29 is 18.1 Å². The van der Waals surface area contributed by atoms with Crippen molar-refractivity contribution in [1.82, 2.24) is 0 Å². The van der Waals surface area contributed by atoms with E-state index in [0.717, 1.165) is 77.0 Å². The van der Waals surface area contributed by atoms with E-state index in [4.69, 9.17) is 0 Å². The minimum absolute atomic E-state index is 0.154. The van der Waals surface area contributed by atoms with Gasteiger partial charge < -0.3 is 5.11 Å². The van der Waals surface area contributed by atoms with Crippen LogP contribution in [0.2, 0.25) is 0 Å². The molecule has 0 aliphatic rings. The molecule has 26 heavy (non-hydrogen) atoms. The molecule has 4 nitrogen and oxygen atoms in total. The van der Waals surface area contributed by atoms with Gasteiger partial charge in [0.1, 0.15) is 0 Å². The summed E-state index contributed by atoms with van der Waals surface area (Å²) in [5.41, 5.74) is 0. The van der Waals surface area contributed by atoms with Crippen LogP contribution in [0.15, 0.2) is 0 Å². The largest absolute Gasteiger partial charge is 0.393 e. The average molecular weight is 393 g/mol. The molecule has 2 unspecified atom stereocenters. The maximum Gasteiger partial charge on any atom is 0.267 e. The first-order chi connectivity index (χ1) is 12.4. The van der Waals surface area contributed by atoms with Crippen LogP contribution >= 0.6 is 0 Å². The van der Waals surface area contributed by atoms with E-state index in [1.807, 2.05) is 0 Å². The lowest BCUT2D eigenvalue weighted by Crippen LogP contribution is -2.20. The monoisotopic (exact) mass is 392 g/mol. The smallest absolute Gasteiger partial charge is 0.267 e. The van der Waals surface area contributed by atoms with Crippen LogP contribution in [-0.2, 0) is 10.1 Å². The minimum atomic E-state index is -3.91. The van der Waals surface area contributed by atoms with Crippen molar-refractivity contribution in [2.45, 2.75) is 134 Å². The fraction of sp³-hybridized carbons (Fsp3) is 1.00. The quantitative estimate of drug-likeness (QED) is 0.200. The number of hydrogen-bond acceptors (Lipinski definition) is 3. The number of aliphatic hydroxyl groups excluding tert-OH is 1. The van der Waals surface area contributed by atoms with E-state index < -0.39 is 15.4 Å². The van der Waals surface area contributed by atoms with Crippen LogP contribution < -0.4 is 0 Å². The van der Waals surface area contributed by atoms with Crippen molar-refractivity contribution in [3.8, 4) is 0 Å². The van der Waals surface area contributed by atoms with E-state index >= 15 is 0 Å². The zero-order chi connectivity index (χ0) is 19.7. The predicted octanol–water partition coefficient (Wildman–Crippen LogP) is 6.28. The molecule has 158 valence electrons. The highest BCUT2D eigenvalue weighted by Crippen LogP contribution is 2.19. The van der Waals surface area contributed by atoms with Gasteiger partial charge in [0.05, 0.1) is 11.4 Å². The number of hydrogen-bond donors (Lipinski definition) is 2. The summed E-state index contributed by atoms with van der Waals surface area (Å²) < 4.78 is 32.4. The van der Waals surface area contributed by atoms with Crippen LogP contribution in [0.5, 0.6) is 0 Å². The second-order valence-electron chi connectivity index (χ2n) is 7.83. The molecular formula is C21H44O4S. The Morgan fingerprint density at radius 2 is 0.962 bits per heavy atom. The lowest BCUT2D eigenvalue weighted by molar-refractivity contribution is 0.147. The van der Waals surface area contributed by atoms with E-state index in [2.05, 4.69) is 13.8 Å². The Hall–Kier alpha value is -0.130. The summed E-state index contributed by atoms with van der Waals surface area (Å²) in [6.45, 7) is 4.33. The molecule has 0 radical (unpaired) electrons. The SMILES string of the molecule is CCCCCCC(O)CCCCCCCC(CCCCCC)S(=O)(=O)O. The third-order valence-corrected chi connectivity index (χ3v) is 6.57. The lowest BCUT2D eigenvalue weighted by Gasteiger charge is -2.14. The van der Waals surface area contributed by atoms with E-state index in [1.165, 1.54) is 19.3 Å². The van der Waals surface area contributed by atoms with Crippen LogP contribution in [0.3, 0.4) is 0 Å². The van der Waals surface area contributed by atoms with Crippen LogP contribution in [0, 0.1) is 0 Å². The van der Waals surface area contributed by atoms with E-state index in [-0.39, 0.29) is 6.10 Å². The normalized spacial score (nSPS) is 14.5. The number of unbranched alkanes of at least 4 members (excludes halogenated alkanes) is 10. The highest BCUT2D eigenvalue weighted by atomic mass is 32.2. The minimum Gasteiger partial charge on any atom is -0.393 e. The second kappa shape index (κ2) is 17.0. The van der Waals surface area contributed by atoms with Gasteiger partial charge >= 0.3 is 0 Å². The van der Waals surface area contributed by atoms with Gasteiger partial charge in [0.25, 0.3) is 10.1 Å². The topological polar surface area (TPSA) is 74.6 Å². The van der Waals surface area contributed by atoms with Crippen molar-refractivity contribution in [1.29, 1.82) is 0 Å². The zero-order valence-electron chi connectivity index (χ0n) is 17.3. The highest BCUT2D eigenvalue weighted by Gasteiger charge is 2.21. The van der Waals surface area contributed by atoms with E-state index in [9.17, 15) is 18.1 Å². The zero-order valence-corrected chi connectivity index (χ0v) is 18.1. The molecular weight excluding hydrogens is 348 g/mol. The van der Waals surface area contributed by atoms with Crippen molar-refractivity contribution in [3.63, 3.8) is 0 Å².